The van der Waals surface area contributed by atoms with Gasteiger partial charge in [-0.3, -0.25) is 4.79 Å². The second-order valence-corrected chi connectivity index (χ2v) is 7.14. The highest BCUT2D eigenvalue weighted by molar-refractivity contribution is 5.93. The number of rotatable bonds is 2. The number of piperidine rings is 1. The van der Waals surface area contributed by atoms with E-state index in [0.717, 1.165) is 38.2 Å². The van der Waals surface area contributed by atoms with Crippen LogP contribution in [-0.2, 0) is 20.0 Å². The molecule has 0 bridgehead atoms. The summed E-state index contributed by atoms with van der Waals surface area (Å²) in [4.78, 5) is 19.5. The fourth-order valence-electron chi connectivity index (χ4n) is 4.16. The van der Waals surface area contributed by atoms with Gasteiger partial charge in [0.2, 0.25) is 0 Å². The molecule has 0 saturated carbocycles. The van der Waals surface area contributed by atoms with Gasteiger partial charge in [-0.05, 0) is 38.2 Å². The average Bonchev–Trinajstić information content (AvgIpc) is 3.24. The molecule has 4 rings (SSSR count). The third-order valence-corrected chi connectivity index (χ3v) is 5.46. The Morgan fingerprint density at radius 2 is 2.20 bits per heavy atom. The summed E-state index contributed by atoms with van der Waals surface area (Å²) in [6, 6.07) is 3.79. The molecule has 1 amide bonds. The van der Waals surface area contributed by atoms with Gasteiger partial charge in [0.1, 0.15) is 17.6 Å². The van der Waals surface area contributed by atoms with Crippen LogP contribution in [0.4, 0.5) is 0 Å². The summed E-state index contributed by atoms with van der Waals surface area (Å²) in [5.41, 5.74) is 2.45. The fraction of sp³-hybridized carbons (Fsp3) is 0.526. The van der Waals surface area contributed by atoms with Crippen LogP contribution in [0.3, 0.4) is 0 Å². The summed E-state index contributed by atoms with van der Waals surface area (Å²) >= 11 is 0. The molecular formula is C19H23N5O. The van der Waals surface area contributed by atoms with Crippen LogP contribution in [0.25, 0.3) is 0 Å². The molecule has 1 saturated heterocycles. The van der Waals surface area contributed by atoms with Gasteiger partial charge >= 0.3 is 0 Å². The second-order valence-electron chi connectivity index (χ2n) is 7.14. The van der Waals surface area contributed by atoms with Crippen molar-refractivity contribution < 1.29 is 4.79 Å². The number of likely N-dealkylation sites (tertiary alicyclic amines) is 1. The zero-order valence-corrected chi connectivity index (χ0v) is 14.6. The molecule has 0 N–H and O–H groups in total. The molecule has 0 radical (unpaired) electrons. The van der Waals surface area contributed by atoms with E-state index in [0.29, 0.717) is 23.7 Å². The summed E-state index contributed by atoms with van der Waals surface area (Å²) < 4.78 is 4.13. The number of carbonyl (C=O) groups excluding carboxylic acids is 1. The number of amides is 1. The van der Waals surface area contributed by atoms with Gasteiger partial charge in [-0.2, -0.15) is 5.26 Å². The predicted molar refractivity (Wildman–Crippen MR) is 93.2 cm³/mol. The number of imidazole rings is 1. The number of nitriles is 1. The lowest BCUT2D eigenvalue weighted by Gasteiger charge is -2.33. The summed E-state index contributed by atoms with van der Waals surface area (Å²) in [5, 5.41) is 9.05. The second kappa shape index (κ2) is 6.40. The molecular weight excluding hydrogens is 314 g/mol. The summed E-state index contributed by atoms with van der Waals surface area (Å²) in [5.74, 6) is 1.47. The standard InChI is InChI=1S/C19H23N5O/c1-22-12-14(10-20)9-17(22)19(25)23-7-4-5-15(13-23)18-21-11-16-6-2-3-8-24(16)18/h9,11-12,15H,2-8,13H2,1H3. The van der Waals surface area contributed by atoms with Crippen molar-refractivity contribution in [3.8, 4) is 6.07 Å². The van der Waals surface area contributed by atoms with Crippen LogP contribution < -0.4 is 0 Å². The first kappa shape index (κ1) is 15.9. The Bertz CT molecular complexity index is 841. The largest absolute Gasteiger partial charge is 0.345 e. The molecule has 0 spiro atoms. The Labute approximate surface area is 147 Å². The first-order valence-electron chi connectivity index (χ1n) is 9.07. The Balaban J connectivity index is 1.55. The number of aryl methyl sites for hydroxylation is 2. The van der Waals surface area contributed by atoms with Crippen molar-refractivity contribution >= 4 is 5.91 Å². The quantitative estimate of drug-likeness (QED) is 0.845. The number of nitrogens with zero attached hydrogens (tertiary/aromatic N) is 5. The maximum Gasteiger partial charge on any atom is 0.270 e. The van der Waals surface area contributed by atoms with Crippen molar-refractivity contribution in [3.63, 3.8) is 0 Å². The summed E-state index contributed by atoms with van der Waals surface area (Å²) in [7, 11) is 1.82. The van der Waals surface area contributed by atoms with E-state index in [9.17, 15) is 4.79 Å². The van der Waals surface area contributed by atoms with Gasteiger partial charge in [0.25, 0.3) is 5.91 Å². The molecule has 2 aromatic rings. The van der Waals surface area contributed by atoms with Gasteiger partial charge in [-0.15, -0.1) is 0 Å². The zero-order valence-electron chi connectivity index (χ0n) is 14.6. The lowest BCUT2D eigenvalue weighted by Crippen LogP contribution is -2.40. The molecule has 0 aliphatic carbocycles. The molecule has 0 aromatic carbocycles. The van der Waals surface area contributed by atoms with Crippen LogP contribution in [0.15, 0.2) is 18.5 Å². The topological polar surface area (TPSA) is 66.8 Å². The van der Waals surface area contributed by atoms with Crippen molar-refractivity contribution in [1.29, 1.82) is 5.26 Å². The molecule has 1 atom stereocenters. The molecule has 6 nitrogen and oxygen atoms in total. The van der Waals surface area contributed by atoms with Crippen molar-refractivity contribution in [3.05, 3.63) is 41.2 Å². The van der Waals surface area contributed by atoms with Crippen molar-refractivity contribution in [2.75, 3.05) is 13.1 Å². The highest BCUT2D eigenvalue weighted by Gasteiger charge is 2.30. The molecule has 1 fully saturated rings. The maximum absolute atomic E-state index is 12.9. The smallest absolute Gasteiger partial charge is 0.270 e. The van der Waals surface area contributed by atoms with Crippen molar-refractivity contribution in [1.82, 2.24) is 19.0 Å². The SMILES string of the molecule is Cn1cc(C#N)cc1C(=O)N1CCCC(c2ncc3n2CCCC3)C1. The number of aromatic nitrogens is 3. The Kier molecular flexibility index (Phi) is 4.08. The van der Waals surface area contributed by atoms with E-state index in [2.05, 4.69) is 10.6 Å². The number of carbonyl (C=O) groups is 1. The van der Waals surface area contributed by atoms with Gasteiger partial charge in [0.05, 0.1) is 5.56 Å². The van der Waals surface area contributed by atoms with Crippen LogP contribution in [0.5, 0.6) is 0 Å². The minimum Gasteiger partial charge on any atom is -0.345 e. The number of hydrogen-bond donors (Lipinski definition) is 0. The zero-order chi connectivity index (χ0) is 17.4. The molecule has 6 heteroatoms. The minimum atomic E-state index is 0.0131. The van der Waals surface area contributed by atoms with Crippen LogP contribution >= 0.6 is 0 Å². The van der Waals surface area contributed by atoms with Crippen LogP contribution in [-0.4, -0.2) is 38.0 Å². The fourth-order valence-corrected chi connectivity index (χ4v) is 4.16. The van der Waals surface area contributed by atoms with Crippen LogP contribution in [0.2, 0.25) is 0 Å². The third kappa shape index (κ3) is 2.84. The lowest BCUT2D eigenvalue weighted by molar-refractivity contribution is 0.0693. The predicted octanol–water partition coefficient (Wildman–Crippen LogP) is 2.45. The van der Waals surface area contributed by atoms with E-state index in [1.807, 2.05) is 18.1 Å². The number of fused-ring (bicyclic) bond motifs is 1. The molecule has 4 heterocycles. The summed E-state index contributed by atoms with van der Waals surface area (Å²) in [6.45, 7) is 2.54. The first-order valence-corrected chi connectivity index (χ1v) is 9.07. The van der Waals surface area contributed by atoms with Crippen LogP contribution in [0.1, 0.15) is 59.2 Å². The van der Waals surface area contributed by atoms with Gasteiger partial charge in [0.15, 0.2) is 0 Å². The Morgan fingerprint density at radius 3 is 3.00 bits per heavy atom. The normalized spacial score (nSPS) is 20.2. The van der Waals surface area contributed by atoms with Gasteiger partial charge in [-0.1, -0.05) is 0 Å². The molecule has 1 unspecified atom stereocenters. The number of hydrogen-bond acceptors (Lipinski definition) is 3. The molecule has 2 aliphatic rings. The molecule has 2 aliphatic heterocycles. The Morgan fingerprint density at radius 1 is 1.32 bits per heavy atom. The van der Waals surface area contributed by atoms with Crippen molar-refractivity contribution in [2.24, 2.45) is 7.05 Å². The molecule has 130 valence electrons. The van der Waals surface area contributed by atoms with E-state index in [-0.39, 0.29) is 5.91 Å². The molecule has 2 aromatic heterocycles. The highest BCUT2D eigenvalue weighted by Crippen LogP contribution is 2.29. The van der Waals surface area contributed by atoms with Gasteiger partial charge in [-0.25, -0.2) is 4.98 Å². The Hall–Kier alpha value is -2.55. The summed E-state index contributed by atoms with van der Waals surface area (Å²) in [6.07, 6.45) is 9.38. The minimum absolute atomic E-state index is 0.0131. The lowest BCUT2D eigenvalue weighted by atomic mass is 9.96. The van der Waals surface area contributed by atoms with E-state index in [1.54, 1.807) is 16.8 Å². The first-order chi connectivity index (χ1) is 12.2. The monoisotopic (exact) mass is 337 g/mol. The van der Waals surface area contributed by atoms with Gasteiger partial charge < -0.3 is 14.0 Å². The van der Waals surface area contributed by atoms with E-state index in [4.69, 9.17) is 10.2 Å². The highest BCUT2D eigenvalue weighted by atomic mass is 16.2. The van der Waals surface area contributed by atoms with Crippen LogP contribution in [0, 0.1) is 11.3 Å². The maximum atomic E-state index is 12.9. The molecule has 25 heavy (non-hydrogen) atoms. The van der Waals surface area contributed by atoms with E-state index >= 15 is 0 Å². The van der Waals surface area contributed by atoms with E-state index in [1.165, 1.54) is 18.5 Å². The third-order valence-electron chi connectivity index (χ3n) is 5.46. The average molecular weight is 337 g/mol. The van der Waals surface area contributed by atoms with Gasteiger partial charge in [0, 0.05) is 50.7 Å². The van der Waals surface area contributed by atoms with Crippen molar-refractivity contribution in [2.45, 2.75) is 44.6 Å². The van der Waals surface area contributed by atoms with E-state index < -0.39 is 0 Å².